The number of benzene rings is 2. The van der Waals surface area contributed by atoms with E-state index in [2.05, 4.69) is 20.3 Å². The SMILES string of the molecule is Cc1ccc(Nc2nc(N)nc(C[NH+]3CCN(c4cccc(C(F)(F)F)c4)CC3)n2)cc1Cl. The summed E-state index contributed by atoms with van der Waals surface area (Å²) in [6, 6.07) is 11.0. The van der Waals surface area contributed by atoms with Crippen molar-refractivity contribution in [2.75, 3.05) is 42.1 Å². The van der Waals surface area contributed by atoms with E-state index in [9.17, 15) is 13.2 Å². The van der Waals surface area contributed by atoms with Crippen molar-refractivity contribution in [1.82, 2.24) is 15.0 Å². The standard InChI is InChI=1S/C22H23ClF3N7/c1-14-5-6-16(12-18(14)23)28-21-30-19(29-20(27)31-21)13-32-7-9-33(10-8-32)17-4-2-3-15(11-17)22(24,25)26/h2-6,11-12H,7-10,13H2,1H3,(H3,27,28,29,30,31)/p+1. The molecule has 0 aliphatic carbocycles. The molecule has 1 aliphatic rings. The van der Waals surface area contributed by atoms with Crippen molar-refractivity contribution in [3.05, 3.63) is 64.4 Å². The van der Waals surface area contributed by atoms with Gasteiger partial charge in [-0.25, -0.2) is 0 Å². The zero-order valence-corrected chi connectivity index (χ0v) is 18.7. The van der Waals surface area contributed by atoms with Crippen LogP contribution in [0.4, 0.5) is 36.4 Å². The number of hydrogen-bond acceptors (Lipinski definition) is 6. The van der Waals surface area contributed by atoms with Crippen LogP contribution in [0.2, 0.25) is 5.02 Å². The number of nitrogens with two attached hydrogens (primary N) is 1. The van der Waals surface area contributed by atoms with Crippen molar-refractivity contribution < 1.29 is 18.1 Å². The fourth-order valence-electron chi connectivity index (χ4n) is 3.73. The summed E-state index contributed by atoms with van der Waals surface area (Å²) in [5, 5.41) is 3.73. The topological polar surface area (TPSA) is 84.4 Å². The highest BCUT2D eigenvalue weighted by atomic mass is 35.5. The Morgan fingerprint density at radius 2 is 1.85 bits per heavy atom. The summed E-state index contributed by atoms with van der Waals surface area (Å²) in [6.07, 6.45) is -4.35. The molecular formula is C22H24ClF3N7+. The number of nitrogens with zero attached hydrogens (tertiary/aromatic N) is 4. The molecule has 0 spiro atoms. The van der Waals surface area contributed by atoms with Gasteiger partial charge >= 0.3 is 6.18 Å². The number of halogens is 4. The van der Waals surface area contributed by atoms with Gasteiger partial charge in [0, 0.05) is 16.4 Å². The lowest BCUT2D eigenvalue weighted by molar-refractivity contribution is -0.915. The molecule has 4 rings (SSSR count). The van der Waals surface area contributed by atoms with Crippen LogP contribution in [0.5, 0.6) is 0 Å². The molecule has 2 heterocycles. The van der Waals surface area contributed by atoms with Crippen molar-refractivity contribution in [2.24, 2.45) is 0 Å². The Kier molecular flexibility index (Phi) is 6.57. The molecule has 1 aromatic heterocycles. The van der Waals surface area contributed by atoms with Crippen LogP contribution in [0.15, 0.2) is 42.5 Å². The van der Waals surface area contributed by atoms with Gasteiger partial charge in [-0.05, 0) is 42.8 Å². The molecule has 33 heavy (non-hydrogen) atoms. The van der Waals surface area contributed by atoms with Crippen LogP contribution in [0.25, 0.3) is 0 Å². The van der Waals surface area contributed by atoms with Gasteiger partial charge in [0.1, 0.15) is 6.54 Å². The molecule has 174 valence electrons. The van der Waals surface area contributed by atoms with E-state index in [4.69, 9.17) is 17.3 Å². The third-order valence-corrected chi connectivity index (χ3v) is 5.95. The highest BCUT2D eigenvalue weighted by molar-refractivity contribution is 6.31. The summed E-state index contributed by atoms with van der Waals surface area (Å²) >= 11 is 6.18. The zero-order valence-electron chi connectivity index (χ0n) is 18.0. The smallest absolute Gasteiger partial charge is 0.368 e. The first kappa shape index (κ1) is 23.1. The number of anilines is 4. The largest absolute Gasteiger partial charge is 0.416 e. The number of alkyl halides is 3. The van der Waals surface area contributed by atoms with Crippen LogP contribution in [-0.4, -0.2) is 41.1 Å². The lowest BCUT2D eigenvalue weighted by Gasteiger charge is -2.33. The fraction of sp³-hybridized carbons (Fsp3) is 0.318. The molecule has 7 nitrogen and oxygen atoms in total. The minimum Gasteiger partial charge on any atom is -0.368 e. The summed E-state index contributed by atoms with van der Waals surface area (Å²) < 4.78 is 39.0. The minimum absolute atomic E-state index is 0.114. The molecule has 4 N–H and O–H groups in total. The Labute approximate surface area is 194 Å². The summed E-state index contributed by atoms with van der Waals surface area (Å²) in [5.74, 6) is 0.993. The summed E-state index contributed by atoms with van der Waals surface area (Å²) in [6.45, 7) is 5.18. The minimum atomic E-state index is -4.35. The van der Waals surface area contributed by atoms with Gasteiger partial charge in [-0.2, -0.15) is 28.1 Å². The van der Waals surface area contributed by atoms with E-state index in [-0.39, 0.29) is 5.95 Å². The summed E-state index contributed by atoms with van der Waals surface area (Å²) in [7, 11) is 0. The van der Waals surface area contributed by atoms with Gasteiger partial charge in [-0.15, -0.1) is 0 Å². The number of aromatic nitrogens is 3. The van der Waals surface area contributed by atoms with Crippen molar-refractivity contribution in [3.8, 4) is 0 Å². The van der Waals surface area contributed by atoms with E-state index >= 15 is 0 Å². The zero-order chi connectivity index (χ0) is 23.6. The maximum Gasteiger partial charge on any atom is 0.416 e. The second-order valence-corrected chi connectivity index (χ2v) is 8.39. The van der Waals surface area contributed by atoms with Crippen molar-refractivity contribution in [1.29, 1.82) is 0 Å². The molecule has 1 fully saturated rings. The predicted molar refractivity (Wildman–Crippen MR) is 122 cm³/mol. The molecule has 0 radical (unpaired) electrons. The van der Waals surface area contributed by atoms with E-state index in [1.54, 1.807) is 12.1 Å². The lowest BCUT2D eigenvalue weighted by Crippen LogP contribution is -3.13. The molecule has 0 atom stereocenters. The molecule has 0 unspecified atom stereocenters. The summed E-state index contributed by atoms with van der Waals surface area (Å²) in [5.41, 5.74) is 7.53. The van der Waals surface area contributed by atoms with Gasteiger partial charge in [0.25, 0.3) is 0 Å². The molecule has 1 aliphatic heterocycles. The lowest BCUT2D eigenvalue weighted by atomic mass is 10.1. The number of nitrogens with one attached hydrogen (secondary N) is 2. The van der Waals surface area contributed by atoms with Crippen LogP contribution < -0.4 is 20.9 Å². The molecule has 1 saturated heterocycles. The normalized spacial score (nSPS) is 15.0. The number of quaternary nitrogens is 1. The van der Waals surface area contributed by atoms with Crippen LogP contribution >= 0.6 is 11.6 Å². The van der Waals surface area contributed by atoms with Crippen LogP contribution in [-0.2, 0) is 12.7 Å². The average Bonchev–Trinajstić information content (AvgIpc) is 2.76. The summed E-state index contributed by atoms with van der Waals surface area (Å²) in [4.78, 5) is 16.1. The van der Waals surface area contributed by atoms with E-state index in [0.717, 1.165) is 30.4 Å². The van der Waals surface area contributed by atoms with Gasteiger partial charge in [0.2, 0.25) is 11.9 Å². The first-order valence-electron chi connectivity index (χ1n) is 10.5. The fourth-order valence-corrected chi connectivity index (χ4v) is 3.91. The number of rotatable bonds is 5. The third kappa shape index (κ3) is 5.82. The number of aryl methyl sites for hydroxylation is 1. The monoisotopic (exact) mass is 478 g/mol. The first-order valence-corrected chi connectivity index (χ1v) is 10.8. The third-order valence-electron chi connectivity index (χ3n) is 5.54. The number of nitrogen functional groups attached to an aromatic ring is 1. The quantitative estimate of drug-likeness (QED) is 0.522. The van der Waals surface area contributed by atoms with E-state index < -0.39 is 11.7 Å². The predicted octanol–water partition coefficient (Wildman–Crippen LogP) is 3.08. The van der Waals surface area contributed by atoms with Gasteiger partial charge in [0.15, 0.2) is 5.82 Å². The Morgan fingerprint density at radius 1 is 1.09 bits per heavy atom. The van der Waals surface area contributed by atoms with Gasteiger partial charge in [-0.3, -0.25) is 0 Å². The maximum atomic E-state index is 13.0. The number of hydrogen-bond donors (Lipinski definition) is 3. The highest BCUT2D eigenvalue weighted by Gasteiger charge is 2.31. The molecule has 0 bridgehead atoms. The second kappa shape index (κ2) is 9.40. The molecule has 11 heteroatoms. The average molecular weight is 479 g/mol. The van der Waals surface area contributed by atoms with Crippen molar-refractivity contribution in [2.45, 2.75) is 19.6 Å². The Balaban J connectivity index is 1.39. The molecule has 0 saturated carbocycles. The van der Waals surface area contributed by atoms with E-state index in [1.165, 1.54) is 17.0 Å². The Morgan fingerprint density at radius 3 is 2.55 bits per heavy atom. The first-order chi connectivity index (χ1) is 15.7. The van der Waals surface area contributed by atoms with Gasteiger partial charge in [-0.1, -0.05) is 23.7 Å². The maximum absolute atomic E-state index is 13.0. The molecule has 0 amide bonds. The second-order valence-electron chi connectivity index (χ2n) is 7.98. The molecule has 3 aromatic rings. The highest BCUT2D eigenvalue weighted by Crippen LogP contribution is 2.31. The van der Waals surface area contributed by atoms with Crippen LogP contribution in [0, 0.1) is 6.92 Å². The van der Waals surface area contributed by atoms with Crippen molar-refractivity contribution in [3.63, 3.8) is 0 Å². The number of piperazine rings is 1. The van der Waals surface area contributed by atoms with E-state index in [0.29, 0.717) is 42.1 Å². The molecule has 2 aromatic carbocycles. The Hall–Kier alpha value is -3.11. The van der Waals surface area contributed by atoms with Crippen LogP contribution in [0.3, 0.4) is 0 Å². The van der Waals surface area contributed by atoms with Gasteiger partial charge < -0.3 is 20.9 Å². The van der Waals surface area contributed by atoms with Crippen molar-refractivity contribution >= 4 is 34.9 Å². The van der Waals surface area contributed by atoms with E-state index in [1.807, 2.05) is 24.0 Å². The molecular weight excluding hydrogens is 455 g/mol. The Bertz CT molecular complexity index is 1130. The van der Waals surface area contributed by atoms with Gasteiger partial charge in [0.05, 0.1) is 31.7 Å². The van der Waals surface area contributed by atoms with Crippen LogP contribution in [0.1, 0.15) is 17.0 Å².